The Labute approximate surface area is 420 Å². The van der Waals surface area contributed by atoms with Crippen LogP contribution in [0, 0.1) is 11.8 Å². The van der Waals surface area contributed by atoms with E-state index in [1.54, 1.807) is 0 Å². The molecule has 13 heteroatoms. The van der Waals surface area contributed by atoms with E-state index in [2.05, 4.69) is 38.3 Å². The van der Waals surface area contributed by atoms with Crippen molar-refractivity contribution < 1.29 is 54.4 Å². The van der Waals surface area contributed by atoms with Crippen molar-refractivity contribution in [3.63, 3.8) is 0 Å². The summed E-state index contributed by atoms with van der Waals surface area (Å²) in [6.07, 6.45) is 25.0. The van der Waals surface area contributed by atoms with Crippen molar-refractivity contribution in [1.29, 1.82) is 0 Å². The van der Waals surface area contributed by atoms with Crippen LogP contribution in [-0.4, -0.2) is 117 Å². The lowest BCUT2D eigenvalue weighted by atomic mass is 9.92. The van der Waals surface area contributed by atoms with Crippen molar-refractivity contribution >= 4 is 11.8 Å². The molecule has 0 saturated carbocycles. The maximum absolute atomic E-state index is 13.7. The van der Waals surface area contributed by atoms with Crippen molar-refractivity contribution in [3.05, 3.63) is 0 Å². The Morgan fingerprint density at radius 2 is 0.594 bits per heavy atom. The van der Waals surface area contributed by atoms with Gasteiger partial charge in [-0.2, -0.15) is 0 Å². The molecular weight excluding hydrogens is 877 g/mol. The highest BCUT2D eigenvalue weighted by Gasteiger charge is 2.50. The number of carbonyl (C=O) groups excluding carboxylic acids is 2. The lowest BCUT2D eigenvalue weighted by molar-refractivity contribution is -0.372. The fourth-order valence-electron chi connectivity index (χ4n) is 10.1. The Balaban J connectivity index is 2.01. The molecule has 2 fully saturated rings. The molecule has 2 rings (SSSR count). The van der Waals surface area contributed by atoms with E-state index in [4.69, 9.17) is 14.2 Å². The third-order valence-electron chi connectivity index (χ3n) is 14.9. The highest BCUT2D eigenvalue weighted by molar-refractivity contribution is 5.79. The van der Waals surface area contributed by atoms with E-state index in [1.807, 2.05) is 0 Å². The number of aliphatic hydroxyl groups is 6. The molecule has 2 aliphatic rings. The summed E-state index contributed by atoms with van der Waals surface area (Å²) in [5.41, 5.74) is 0. The highest BCUT2D eigenvalue weighted by atomic mass is 16.8. The predicted octanol–water partition coefficient (Wildman–Crippen LogP) is 10.2. The highest BCUT2D eigenvalue weighted by Crippen LogP contribution is 2.29. The second kappa shape index (κ2) is 41.0. The van der Waals surface area contributed by atoms with Crippen LogP contribution >= 0.6 is 0 Å². The van der Waals surface area contributed by atoms with Crippen LogP contribution < -0.4 is 10.6 Å². The molecule has 13 nitrogen and oxygen atoms in total. The zero-order valence-corrected chi connectivity index (χ0v) is 44.5. The number of carbonyl (C=O) groups is 2. The summed E-state index contributed by atoms with van der Waals surface area (Å²) in [6.45, 7) is 8.57. The van der Waals surface area contributed by atoms with Gasteiger partial charge in [-0.25, -0.2) is 0 Å². The number of unbranched alkanes of at least 4 members (excludes halogenated alkanes) is 28. The molecule has 0 aromatic rings. The molecule has 0 aliphatic carbocycles. The second-order valence-electron chi connectivity index (χ2n) is 21.1. The van der Waals surface area contributed by atoms with Gasteiger partial charge >= 0.3 is 0 Å². The van der Waals surface area contributed by atoms with Crippen LogP contribution in [0.25, 0.3) is 0 Å². The average Bonchev–Trinajstić information content (AvgIpc) is 3.35. The van der Waals surface area contributed by atoms with Gasteiger partial charge in [-0.05, 0) is 25.7 Å². The number of hydrogen-bond acceptors (Lipinski definition) is 11. The number of aliphatic hydroxyl groups excluding tert-OH is 6. The minimum atomic E-state index is -1.77. The van der Waals surface area contributed by atoms with E-state index in [-0.39, 0.29) is 36.7 Å². The maximum atomic E-state index is 13.7. The Hall–Kier alpha value is -1.42. The molecule has 0 aromatic carbocycles. The molecule has 408 valence electrons. The van der Waals surface area contributed by atoms with Crippen molar-refractivity contribution in [2.45, 2.75) is 320 Å². The monoisotopic (exact) mass is 985 g/mol. The van der Waals surface area contributed by atoms with Gasteiger partial charge < -0.3 is 55.5 Å². The zero-order chi connectivity index (χ0) is 50.5. The van der Waals surface area contributed by atoms with Gasteiger partial charge in [0.05, 0.1) is 0 Å². The number of nitrogens with one attached hydrogen (secondary N) is 2. The summed E-state index contributed by atoms with van der Waals surface area (Å²) in [5, 5.41) is 71.7. The SMILES string of the molecule is CCCCCCCCCCC(CCCCCCCCCC)C(=O)NCC1O[C@H](O[C@H]2O[C@H](CNC(=O)C(CCCCCCCCCC)CCCCCCCCCC)[C@@H](O)[C@H](O)[C@H]2O)[C@H](O)[C@@H](O)[C@@H]1O. The van der Waals surface area contributed by atoms with Crippen molar-refractivity contribution in [2.75, 3.05) is 13.1 Å². The van der Waals surface area contributed by atoms with Crippen LogP contribution in [0.15, 0.2) is 0 Å². The van der Waals surface area contributed by atoms with Gasteiger partial charge in [-0.1, -0.05) is 233 Å². The summed E-state index contributed by atoms with van der Waals surface area (Å²) < 4.78 is 17.8. The van der Waals surface area contributed by atoms with Crippen LogP contribution in [0.3, 0.4) is 0 Å². The van der Waals surface area contributed by atoms with Crippen molar-refractivity contribution in [1.82, 2.24) is 10.6 Å². The van der Waals surface area contributed by atoms with Crippen LogP contribution in [0.5, 0.6) is 0 Å². The van der Waals surface area contributed by atoms with Gasteiger partial charge in [0.15, 0.2) is 12.6 Å². The maximum Gasteiger partial charge on any atom is 0.223 e. The topological polar surface area (TPSA) is 207 Å². The largest absolute Gasteiger partial charge is 0.388 e. The summed E-state index contributed by atoms with van der Waals surface area (Å²) >= 11 is 0. The molecule has 1 unspecified atom stereocenters. The van der Waals surface area contributed by atoms with E-state index in [0.717, 1.165) is 103 Å². The van der Waals surface area contributed by atoms with E-state index >= 15 is 0 Å². The first-order valence-electron chi connectivity index (χ1n) is 29.1. The minimum absolute atomic E-state index is 0.138. The van der Waals surface area contributed by atoms with Gasteiger partial charge in [0, 0.05) is 24.9 Å². The van der Waals surface area contributed by atoms with Crippen LogP contribution in [-0.2, 0) is 23.8 Å². The van der Waals surface area contributed by atoms with E-state index in [1.165, 1.54) is 128 Å². The van der Waals surface area contributed by atoms with E-state index < -0.39 is 61.4 Å². The molecule has 69 heavy (non-hydrogen) atoms. The first kappa shape index (κ1) is 63.7. The van der Waals surface area contributed by atoms with Gasteiger partial charge in [0.2, 0.25) is 11.8 Å². The molecule has 0 bridgehead atoms. The summed E-state index contributed by atoms with van der Waals surface area (Å²) in [4.78, 5) is 27.4. The van der Waals surface area contributed by atoms with Crippen LogP contribution in [0.4, 0.5) is 0 Å². The quantitative estimate of drug-likeness (QED) is 0.0270. The number of ether oxygens (including phenoxy) is 3. The summed E-state index contributed by atoms with van der Waals surface area (Å²) in [6, 6.07) is 0. The second-order valence-corrected chi connectivity index (χ2v) is 21.1. The summed E-state index contributed by atoms with van der Waals surface area (Å²) in [5.74, 6) is -0.675. The Morgan fingerprint density at radius 3 is 0.841 bits per heavy atom. The number of amides is 2. The lowest BCUT2D eigenvalue weighted by Crippen LogP contribution is -2.65. The molecule has 0 aromatic heterocycles. The molecule has 8 N–H and O–H groups in total. The molecule has 0 radical (unpaired) electrons. The zero-order valence-electron chi connectivity index (χ0n) is 44.5. The standard InChI is InChI=1S/C56H108N2O11/c1-5-9-13-17-21-25-29-33-37-43(38-34-30-26-22-18-14-10-6-2)53(65)57-41-45-47(59)49(61)51(63)55(67-45)69-56-52(64)50(62)48(60)46(68-56)42-58-54(66)44(39-35-31-27-23-19-15-11-7-3)40-36-32-28-24-20-16-12-8-4/h43-52,55-56,59-64H,5-42H2,1-4H3,(H,57,65)(H,58,66)/t45-,46?,47-,48-,49+,50+,51-,52-,55-,56-/m1/s1. The Morgan fingerprint density at radius 1 is 0.362 bits per heavy atom. The van der Waals surface area contributed by atoms with Gasteiger partial charge in [0.1, 0.15) is 48.8 Å². The minimum Gasteiger partial charge on any atom is -0.388 e. The van der Waals surface area contributed by atoms with Crippen molar-refractivity contribution in [3.8, 4) is 0 Å². The Bertz CT molecular complexity index is 1100. The fourth-order valence-corrected chi connectivity index (χ4v) is 10.1. The molecular formula is C56H108N2O11. The molecule has 0 spiro atoms. The van der Waals surface area contributed by atoms with Gasteiger partial charge in [0.25, 0.3) is 0 Å². The molecule has 10 atom stereocenters. The van der Waals surface area contributed by atoms with E-state index in [9.17, 15) is 40.2 Å². The average molecular weight is 985 g/mol. The third kappa shape index (κ3) is 27.4. The smallest absolute Gasteiger partial charge is 0.223 e. The van der Waals surface area contributed by atoms with Crippen molar-refractivity contribution in [2.24, 2.45) is 11.8 Å². The predicted molar refractivity (Wildman–Crippen MR) is 276 cm³/mol. The van der Waals surface area contributed by atoms with E-state index in [0.29, 0.717) is 0 Å². The third-order valence-corrected chi connectivity index (χ3v) is 14.9. The Kier molecular flexibility index (Phi) is 37.8. The number of hydrogen-bond donors (Lipinski definition) is 8. The van der Waals surface area contributed by atoms with Gasteiger partial charge in [-0.3, -0.25) is 9.59 Å². The first-order valence-corrected chi connectivity index (χ1v) is 29.1. The lowest BCUT2D eigenvalue weighted by Gasteiger charge is -2.45. The fraction of sp³-hybridized carbons (Fsp3) is 0.964. The number of rotatable bonds is 44. The molecule has 2 heterocycles. The molecule has 2 saturated heterocycles. The molecule has 2 amide bonds. The molecule has 2 aliphatic heterocycles. The van der Waals surface area contributed by atoms with Gasteiger partial charge in [-0.15, -0.1) is 0 Å². The summed E-state index contributed by atoms with van der Waals surface area (Å²) in [7, 11) is 0. The first-order chi connectivity index (χ1) is 33.5. The van der Waals surface area contributed by atoms with Crippen LogP contribution in [0.1, 0.15) is 259 Å². The van der Waals surface area contributed by atoms with Crippen LogP contribution in [0.2, 0.25) is 0 Å². The normalized spacial score (nSPS) is 25.2.